The molecule has 4 rings (SSSR count). The fourth-order valence-corrected chi connectivity index (χ4v) is 3.48. The summed E-state index contributed by atoms with van der Waals surface area (Å²) in [6.45, 7) is 0.890. The Morgan fingerprint density at radius 3 is 2.74 bits per heavy atom. The van der Waals surface area contributed by atoms with E-state index in [0.29, 0.717) is 23.8 Å². The van der Waals surface area contributed by atoms with E-state index in [2.05, 4.69) is 10.3 Å². The smallest absolute Gasteiger partial charge is 0.229 e. The number of carbonyl (C=O) groups excluding carboxylic acids is 2. The number of nitrogens with one attached hydrogen (secondary N) is 1. The first kappa shape index (κ1) is 17.5. The molecule has 5 nitrogen and oxygen atoms in total. The number of hydrogen-bond donors (Lipinski definition) is 1. The van der Waals surface area contributed by atoms with Gasteiger partial charge in [0, 0.05) is 36.1 Å². The van der Waals surface area contributed by atoms with Gasteiger partial charge < -0.3 is 10.2 Å². The molecular formula is C21H18ClN3O2. The van der Waals surface area contributed by atoms with Gasteiger partial charge in [0.2, 0.25) is 11.8 Å². The van der Waals surface area contributed by atoms with Gasteiger partial charge in [0.15, 0.2) is 0 Å². The average molecular weight is 380 g/mol. The van der Waals surface area contributed by atoms with Crippen LogP contribution in [-0.4, -0.2) is 28.2 Å². The van der Waals surface area contributed by atoms with Crippen molar-refractivity contribution in [2.75, 3.05) is 11.9 Å². The van der Waals surface area contributed by atoms with Crippen LogP contribution in [0.1, 0.15) is 12.0 Å². The van der Waals surface area contributed by atoms with Crippen LogP contribution < -0.4 is 5.32 Å². The molecule has 6 heteroatoms. The van der Waals surface area contributed by atoms with E-state index < -0.39 is 0 Å². The Morgan fingerprint density at radius 2 is 1.93 bits per heavy atom. The predicted octanol–water partition coefficient (Wildman–Crippen LogP) is 3.88. The third-order valence-electron chi connectivity index (χ3n) is 4.76. The fourth-order valence-electron chi connectivity index (χ4n) is 3.35. The van der Waals surface area contributed by atoms with Crippen molar-refractivity contribution in [2.45, 2.75) is 13.0 Å². The second-order valence-corrected chi connectivity index (χ2v) is 7.11. The quantitative estimate of drug-likeness (QED) is 0.748. The van der Waals surface area contributed by atoms with Crippen molar-refractivity contribution in [1.29, 1.82) is 0 Å². The molecule has 0 bridgehead atoms. The van der Waals surface area contributed by atoms with Gasteiger partial charge >= 0.3 is 0 Å². The minimum absolute atomic E-state index is 0.0128. The molecule has 27 heavy (non-hydrogen) atoms. The number of amides is 2. The highest BCUT2D eigenvalue weighted by Gasteiger charge is 2.34. The predicted molar refractivity (Wildman–Crippen MR) is 105 cm³/mol. The van der Waals surface area contributed by atoms with Crippen LogP contribution >= 0.6 is 11.6 Å². The van der Waals surface area contributed by atoms with Crippen molar-refractivity contribution >= 4 is 40.0 Å². The third-order valence-corrected chi connectivity index (χ3v) is 5.01. The molecule has 1 aromatic heterocycles. The molecule has 1 atom stereocenters. The van der Waals surface area contributed by atoms with E-state index in [1.807, 2.05) is 42.5 Å². The van der Waals surface area contributed by atoms with Crippen molar-refractivity contribution in [3.63, 3.8) is 0 Å². The van der Waals surface area contributed by atoms with Gasteiger partial charge in [-0.3, -0.25) is 14.6 Å². The largest absolute Gasteiger partial charge is 0.338 e. The van der Waals surface area contributed by atoms with Crippen LogP contribution in [0.15, 0.2) is 60.8 Å². The van der Waals surface area contributed by atoms with E-state index in [1.54, 1.807) is 23.2 Å². The number of para-hydroxylation sites is 1. The molecule has 0 spiro atoms. The Balaban J connectivity index is 1.45. The second-order valence-electron chi connectivity index (χ2n) is 6.67. The maximum absolute atomic E-state index is 12.7. The van der Waals surface area contributed by atoms with Crippen LogP contribution in [0.3, 0.4) is 0 Å². The lowest BCUT2D eigenvalue weighted by Crippen LogP contribution is -2.28. The summed E-state index contributed by atoms with van der Waals surface area (Å²) >= 11 is 5.90. The second kappa shape index (κ2) is 7.37. The Labute approximate surface area is 162 Å². The van der Waals surface area contributed by atoms with E-state index in [1.165, 1.54) is 0 Å². The molecule has 2 amide bonds. The Kier molecular flexibility index (Phi) is 4.77. The molecule has 1 fully saturated rings. The number of benzene rings is 2. The first-order valence-corrected chi connectivity index (χ1v) is 9.15. The molecular weight excluding hydrogens is 362 g/mol. The summed E-state index contributed by atoms with van der Waals surface area (Å²) in [4.78, 5) is 31.1. The van der Waals surface area contributed by atoms with E-state index in [0.717, 1.165) is 16.5 Å². The number of rotatable bonds is 4. The van der Waals surface area contributed by atoms with Gasteiger partial charge in [-0.1, -0.05) is 41.9 Å². The molecule has 2 aromatic carbocycles. The van der Waals surface area contributed by atoms with Crippen LogP contribution in [-0.2, 0) is 16.1 Å². The van der Waals surface area contributed by atoms with Crippen LogP contribution in [0, 0.1) is 5.92 Å². The maximum Gasteiger partial charge on any atom is 0.229 e. The zero-order valence-corrected chi connectivity index (χ0v) is 15.3. The molecule has 3 aromatic rings. The highest BCUT2D eigenvalue weighted by molar-refractivity contribution is 6.30. The van der Waals surface area contributed by atoms with Crippen molar-refractivity contribution in [1.82, 2.24) is 9.88 Å². The Bertz CT molecular complexity index is 998. The van der Waals surface area contributed by atoms with Gasteiger partial charge in [-0.25, -0.2) is 0 Å². The summed E-state index contributed by atoms with van der Waals surface area (Å²) < 4.78 is 0. The van der Waals surface area contributed by atoms with Gasteiger partial charge in [0.25, 0.3) is 0 Å². The summed E-state index contributed by atoms with van der Waals surface area (Å²) in [5.74, 6) is -0.537. The minimum Gasteiger partial charge on any atom is -0.338 e. The summed E-state index contributed by atoms with van der Waals surface area (Å²) in [5, 5.41) is 4.56. The van der Waals surface area contributed by atoms with Crippen molar-refractivity contribution in [2.24, 2.45) is 5.92 Å². The lowest BCUT2D eigenvalue weighted by Gasteiger charge is -2.17. The molecule has 0 radical (unpaired) electrons. The molecule has 136 valence electrons. The van der Waals surface area contributed by atoms with Gasteiger partial charge in [0.05, 0.1) is 17.1 Å². The zero-order valence-electron chi connectivity index (χ0n) is 14.6. The SMILES string of the molecule is O=C(Nc1cccc2cccnc12)C1CC(=O)N(Cc2ccc(Cl)cc2)C1. The van der Waals surface area contributed by atoms with E-state index >= 15 is 0 Å². The molecule has 1 aliphatic rings. The maximum atomic E-state index is 12.7. The highest BCUT2D eigenvalue weighted by Crippen LogP contribution is 2.25. The highest BCUT2D eigenvalue weighted by atomic mass is 35.5. The first-order valence-electron chi connectivity index (χ1n) is 8.77. The first-order chi connectivity index (χ1) is 13.1. The molecule has 2 heterocycles. The topological polar surface area (TPSA) is 62.3 Å². The number of aromatic nitrogens is 1. The minimum atomic E-state index is -0.372. The summed E-state index contributed by atoms with van der Waals surface area (Å²) in [5.41, 5.74) is 2.41. The summed E-state index contributed by atoms with van der Waals surface area (Å²) in [6.07, 6.45) is 1.92. The average Bonchev–Trinajstić information content (AvgIpc) is 3.04. The number of hydrogen-bond acceptors (Lipinski definition) is 3. The van der Waals surface area contributed by atoms with E-state index in [4.69, 9.17) is 11.6 Å². The van der Waals surface area contributed by atoms with Crippen LogP contribution in [0.4, 0.5) is 5.69 Å². The monoisotopic (exact) mass is 379 g/mol. The number of nitrogens with zero attached hydrogens (tertiary/aromatic N) is 2. The van der Waals surface area contributed by atoms with E-state index in [-0.39, 0.29) is 24.2 Å². The number of fused-ring (bicyclic) bond motifs is 1. The number of anilines is 1. The normalized spacial score (nSPS) is 16.7. The molecule has 1 aliphatic heterocycles. The van der Waals surface area contributed by atoms with Crippen LogP contribution in [0.2, 0.25) is 5.02 Å². The zero-order chi connectivity index (χ0) is 18.8. The molecule has 1 unspecified atom stereocenters. The van der Waals surface area contributed by atoms with E-state index in [9.17, 15) is 9.59 Å². The summed E-state index contributed by atoms with van der Waals surface area (Å²) in [6, 6.07) is 16.9. The molecule has 0 aliphatic carbocycles. The number of halogens is 1. The van der Waals surface area contributed by atoms with Gasteiger partial charge in [-0.2, -0.15) is 0 Å². The Hall–Kier alpha value is -2.92. The lowest BCUT2D eigenvalue weighted by molar-refractivity contribution is -0.128. The van der Waals surface area contributed by atoms with Crippen LogP contribution in [0.5, 0.6) is 0 Å². The van der Waals surface area contributed by atoms with Crippen LogP contribution in [0.25, 0.3) is 10.9 Å². The third kappa shape index (κ3) is 3.78. The fraction of sp³-hybridized carbons (Fsp3) is 0.190. The summed E-state index contributed by atoms with van der Waals surface area (Å²) in [7, 11) is 0. The molecule has 1 N–H and O–H groups in total. The van der Waals surface area contributed by atoms with Crippen molar-refractivity contribution in [3.05, 3.63) is 71.4 Å². The van der Waals surface area contributed by atoms with Gasteiger partial charge in [-0.15, -0.1) is 0 Å². The lowest BCUT2D eigenvalue weighted by atomic mass is 10.1. The standard InChI is InChI=1S/C21H18ClN3O2/c22-17-8-6-14(7-9-17)12-25-13-16(11-19(25)26)21(27)24-18-5-1-3-15-4-2-10-23-20(15)18/h1-10,16H,11-13H2,(H,24,27). The van der Waals surface area contributed by atoms with Crippen molar-refractivity contribution < 1.29 is 9.59 Å². The molecule has 1 saturated heterocycles. The number of carbonyl (C=O) groups is 2. The molecule has 0 saturated carbocycles. The van der Waals surface area contributed by atoms with Gasteiger partial charge in [-0.05, 0) is 29.8 Å². The van der Waals surface area contributed by atoms with Gasteiger partial charge in [0.1, 0.15) is 0 Å². The number of likely N-dealkylation sites (tertiary alicyclic amines) is 1. The Morgan fingerprint density at radius 1 is 1.15 bits per heavy atom. The van der Waals surface area contributed by atoms with Crippen molar-refractivity contribution in [3.8, 4) is 0 Å². The number of pyridine rings is 1.